The molecule has 1 aromatic rings. The van der Waals surface area contributed by atoms with Gasteiger partial charge in [0.25, 0.3) is 6.43 Å². The highest BCUT2D eigenvalue weighted by atomic mass is 19.3. The zero-order chi connectivity index (χ0) is 16.0. The molecular formula is C15H14F2O4. The zero-order valence-corrected chi connectivity index (χ0v) is 11.1. The maximum atomic E-state index is 12.7. The molecule has 1 aromatic carbocycles. The third-order valence-electron chi connectivity index (χ3n) is 2.56. The average Bonchev–Trinajstić information content (AvgIpc) is 2.42. The molecule has 0 aliphatic heterocycles. The van der Waals surface area contributed by atoms with Gasteiger partial charge in [0.2, 0.25) is 0 Å². The van der Waals surface area contributed by atoms with Crippen molar-refractivity contribution < 1.29 is 28.5 Å². The molecule has 2 N–H and O–H groups in total. The van der Waals surface area contributed by atoms with Gasteiger partial charge in [0.1, 0.15) is 23.7 Å². The first kappa shape index (κ1) is 16.4. The summed E-state index contributed by atoms with van der Waals surface area (Å²) in [6.45, 7) is 6.92. The Morgan fingerprint density at radius 2 is 2.05 bits per heavy atom. The number of carboxylic acids is 1. The molecule has 1 rings (SSSR count). The summed E-state index contributed by atoms with van der Waals surface area (Å²) in [5.74, 6) is -2.59. The van der Waals surface area contributed by atoms with Crippen LogP contribution in [-0.4, -0.2) is 22.8 Å². The third-order valence-corrected chi connectivity index (χ3v) is 2.56. The van der Waals surface area contributed by atoms with Gasteiger partial charge in [-0.05, 0) is 17.7 Å². The summed E-state index contributed by atoms with van der Waals surface area (Å²) in [6, 6.07) is 1.59. The standard InChI is InChI=1S/C15H14F2O4/c1-3-5-9(4-2)8-21-12-7-10(14(16)17)6-11(18)13(12)15(19)20/h3-7,14,18H,1-2,8H2,(H,19,20)/b9-5+. The van der Waals surface area contributed by atoms with Crippen molar-refractivity contribution in [1.29, 1.82) is 0 Å². The first-order chi connectivity index (χ1) is 9.90. The lowest BCUT2D eigenvalue weighted by molar-refractivity contribution is 0.0688. The fourth-order valence-electron chi connectivity index (χ4n) is 1.56. The van der Waals surface area contributed by atoms with Crippen LogP contribution in [0.5, 0.6) is 11.5 Å². The van der Waals surface area contributed by atoms with Gasteiger partial charge in [-0.2, -0.15) is 0 Å². The van der Waals surface area contributed by atoms with Crippen molar-refractivity contribution in [3.8, 4) is 11.5 Å². The maximum Gasteiger partial charge on any atom is 0.343 e. The molecule has 112 valence electrons. The quantitative estimate of drug-likeness (QED) is 0.753. The molecule has 4 nitrogen and oxygen atoms in total. The van der Waals surface area contributed by atoms with E-state index in [1.165, 1.54) is 12.2 Å². The van der Waals surface area contributed by atoms with Crippen LogP contribution < -0.4 is 4.74 Å². The van der Waals surface area contributed by atoms with Crippen LogP contribution in [-0.2, 0) is 0 Å². The van der Waals surface area contributed by atoms with E-state index < -0.39 is 29.3 Å². The lowest BCUT2D eigenvalue weighted by atomic mass is 10.1. The van der Waals surface area contributed by atoms with E-state index >= 15 is 0 Å². The highest BCUT2D eigenvalue weighted by Gasteiger charge is 2.21. The van der Waals surface area contributed by atoms with Gasteiger partial charge in [-0.15, -0.1) is 0 Å². The number of rotatable bonds is 7. The van der Waals surface area contributed by atoms with Gasteiger partial charge in [-0.25, -0.2) is 13.6 Å². The van der Waals surface area contributed by atoms with Crippen LogP contribution in [0.25, 0.3) is 0 Å². The minimum absolute atomic E-state index is 0.0953. The molecular weight excluding hydrogens is 282 g/mol. The largest absolute Gasteiger partial charge is 0.507 e. The number of ether oxygens (including phenoxy) is 1. The smallest absolute Gasteiger partial charge is 0.343 e. The second-order valence-corrected chi connectivity index (χ2v) is 3.99. The SMILES string of the molecule is C=C/C=C(\C=C)COc1cc(C(F)F)cc(O)c1C(=O)O. The van der Waals surface area contributed by atoms with E-state index in [4.69, 9.17) is 9.84 Å². The van der Waals surface area contributed by atoms with Crippen molar-refractivity contribution in [2.75, 3.05) is 6.61 Å². The molecule has 0 fully saturated rings. The van der Waals surface area contributed by atoms with Crippen LogP contribution in [0, 0.1) is 0 Å². The Morgan fingerprint density at radius 3 is 2.52 bits per heavy atom. The molecule has 0 aliphatic rings. The molecule has 6 heteroatoms. The minimum Gasteiger partial charge on any atom is -0.507 e. The Morgan fingerprint density at radius 1 is 1.38 bits per heavy atom. The van der Waals surface area contributed by atoms with Crippen molar-refractivity contribution in [3.05, 3.63) is 60.2 Å². The normalized spacial score (nSPS) is 11.3. The first-order valence-electron chi connectivity index (χ1n) is 5.85. The van der Waals surface area contributed by atoms with Crippen LogP contribution in [0.15, 0.2) is 49.1 Å². The molecule has 0 amide bonds. The molecule has 0 atom stereocenters. The van der Waals surface area contributed by atoms with E-state index in [0.29, 0.717) is 11.6 Å². The van der Waals surface area contributed by atoms with E-state index in [9.17, 15) is 18.7 Å². The zero-order valence-electron chi connectivity index (χ0n) is 11.1. The van der Waals surface area contributed by atoms with E-state index in [0.717, 1.165) is 6.07 Å². The van der Waals surface area contributed by atoms with Crippen molar-refractivity contribution in [2.24, 2.45) is 0 Å². The number of hydrogen-bond donors (Lipinski definition) is 2. The van der Waals surface area contributed by atoms with Gasteiger partial charge < -0.3 is 14.9 Å². The third kappa shape index (κ3) is 4.17. The van der Waals surface area contributed by atoms with Crippen LogP contribution in [0.2, 0.25) is 0 Å². The number of benzene rings is 1. The summed E-state index contributed by atoms with van der Waals surface area (Å²) in [5.41, 5.74) is -0.523. The monoisotopic (exact) mass is 296 g/mol. The Kier molecular flexibility index (Phi) is 5.66. The Hall–Kier alpha value is -2.63. The van der Waals surface area contributed by atoms with Crippen LogP contribution in [0.3, 0.4) is 0 Å². The Bertz CT molecular complexity index is 592. The van der Waals surface area contributed by atoms with Gasteiger partial charge >= 0.3 is 5.97 Å². The predicted octanol–water partition coefficient (Wildman–Crippen LogP) is 3.71. The molecule has 0 saturated carbocycles. The Balaban J connectivity index is 3.19. The van der Waals surface area contributed by atoms with Gasteiger partial charge in [-0.3, -0.25) is 0 Å². The lowest BCUT2D eigenvalue weighted by Gasteiger charge is -2.13. The van der Waals surface area contributed by atoms with Gasteiger partial charge in [0, 0.05) is 5.56 Å². The van der Waals surface area contributed by atoms with Crippen molar-refractivity contribution in [2.45, 2.75) is 6.43 Å². The summed E-state index contributed by atoms with van der Waals surface area (Å²) >= 11 is 0. The maximum absolute atomic E-state index is 12.7. The number of aromatic hydroxyl groups is 1. The summed E-state index contributed by atoms with van der Waals surface area (Å²) in [5, 5.41) is 18.6. The number of halogens is 2. The van der Waals surface area contributed by atoms with Crippen molar-refractivity contribution >= 4 is 5.97 Å². The van der Waals surface area contributed by atoms with Gasteiger partial charge in [0.05, 0.1) is 0 Å². The first-order valence-corrected chi connectivity index (χ1v) is 5.85. The highest BCUT2D eigenvalue weighted by molar-refractivity contribution is 5.94. The molecule has 0 bridgehead atoms. The summed E-state index contributed by atoms with van der Waals surface area (Å²) < 4.78 is 30.6. The molecule has 0 radical (unpaired) electrons. The van der Waals surface area contributed by atoms with Crippen LogP contribution in [0.4, 0.5) is 8.78 Å². The lowest BCUT2D eigenvalue weighted by Crippen LogP contribution is -2.07. The molecule has 0 spiro atoms. The van der Waals surface area contributed by atoms with E-state index in [2.05, 4.69) is 13.2 Å². The number of carbonyl (C=O) groups is 1. The second-order valence-electron chi connectivity index (χ2n) is 3.99. The summed E-state index contributed by atoms with van der Waals surface area (Å²) in [6.07, 6.45) is 1.65. The molecule has 0 aliphatic carbocycles. The highest BCUT2D eigenvalue weighted by Crippen LogP contribution is 2.34. The van der Waals surface area contributed by atoms with Gasteiger partial charge in [0.15, 0.2) is 0 Å². The molecule has 0 heterocycles. The number of phenols is 1. The molecule has 0 unspecified atom stereocenters. The second kappa shape index (κ2) is 7.23. The molecule has 0 aromatic heterocycles. The number of allylic oxidation sites excluding steroid dienone is 2. The number of hydrogen-bond acceptors (Lipinski definition) is 3. The summed E-state index contributed by atoms with van der Waals surface area (Å²) in [7, 11) is 0. The fraction of sp³-hybridized carbons (Fsp3) is 0.133. The van der Waals surface area contributed by atoms with Crippen molar-refractivity contribution in [3.63, 3.8) is 0 Å². The summed E-state index contributed by atoms with van der Waals surface area (Å²) in [4.78, 5) is 11.1. The topological polar surface area (TPSA) is 66.8 Å². The number of carboxylic acid groups (broad SMARTS) is 1. The van der Waals surface area contributed by atoms with Crippen LogP contribution >= 0.6 is 0 Å². The minimum atomic E-state index is -2.86. The molecule has 21 heavy (non-hydrogen) atoms. The van der Waals surface area contributed by atoms with Crippen LogP contribution in [0.1, 0.15) is 22.3 Å². The molecule has 0 saturated heterocycles. The van der Waals surface area contributed by atoms with E-state index in [-0.39, 0.29) is 12.4 Å². The van der Waals surface area contributed by atoms with E-state index in [1.54, 1.807) is 6.08 Å². The number of alkyl halides is 2. The Labute approximate surface area is 120 Å². The predicted molar refractivity (Wildman–Crippen MR) is 74.0 cm³/mol. The number of aromatic carboxylic acids is 1. The average molecular weight is 296 g/mol. The fourth-order valence-corrected chi connectivity index (χ4v) is 1.56. The van der Waals surface area contributed by atoms with Crippen molar-refractivity contribution in [1.82, 2.24) is 0 Å². The van der Waals surface area contributed by atoms with E-state index in [1.807, 2.05) is 0 Å². The van der Waals surface area contributed by atoms with Gasteiger partial charge in [-0.1, -0.05) is 31.4 Å².